The number of halogens is 1. The molecule has 25 heavy (non-hydrogen) atoms. The molecule has 0 radical (unpaired) electrons. The number of nitrogens with zero attached hydrogens (tertiary/aromatic N) is 1. The van der Waals surface area contributed by atoms with Crippen LogP contribution in [0.1, 0.15) is 37.7 Å². The molecule has 1 unspecified atom stereocenters. The summed E-state index contributed by atoms with van der Waals surface area (Å²) in [6.45, 7) is 2.00. The van der Waals surface area contributed by atoms with E-state index in [1.54, 1.807) is 6.20 Å². The van der Waals surface area contributed by atoms with Gasteiger partial charge in [0.15, 0.2) is 0 Å². The molecular formula is C20H24ClN3O. The van der Waals surface area contributed by atoms with Gasteiger partial charge in [-0.1, -0.05) is 43.0 Å². The maximum Gasteiger partial charge on any atom is 0.241 e. The van der Waals surface area contributed by atoms with Crippen LogP contribution in [0.15, 0.2) is 36.5 Å². The Bertz CT molecular complexity index is 719. The molecule has 0 bridgehead atoms. The van der Waals surface area contributed by atoms with Crippen LogP contribution in [0, 0.1) is 12.8 Å². The summed E-state index contributed by atoms with van der Waals surface area (Å²) in [6, 6.07) is 9.14. The van der Waals surface area contributed by atoms with Gasteiger partial charge in [0, 0.05) is 17.4 Å². The number of anilines is 1. The average Bonchev–Trinajstić information content (AvgIpc) is 2.63. The molecule has 2 aromatic rings. The van der Waals surface area contributed by atoms with Crippen molar-refractivity contribution in [2.24, 2.45) is 11.7 Å². The van der Waals surface area contributed by atoms with Gasteiger partial charge in [-0.2, -0.15) is 0 Å². The van der Waals surface area contributed by atoms with E-state index in [0.29, 0.717) is 11.1 Å². The van der Waals surface area contributed by atoms with E-state index < -0.39 is 6.04 Å². The molecule has 0 spiro atoms. The summed E-state index contributed by atoms with van der Waals surface area (Å²) in [7, 11) is 0. The molecule has 1 aromatic carbocycles. The van der Waals surface area contributed by atoms with E-state index in [1.165, 1.54) is 19.3 Å². The van der Waals surface area contributed by atoms with Crippen LogP contribution in [-0.4, -0.2) is 16.9 Å². The molecule has 3 N–H and O–H groups in total. The molecule has 1 aromatic heterocycles. The predicted molar refractivity (Wildman–Crippen MR) is 103 cm³/mol. The summed E-state index contributed by atoms with van der Waals surface area (Å²) in [5.41, 5.74) is 9.87. The summed E-state index contributed by atoms with van der Waals surface area (Å²) in [5.74, 6) is 0.195. The molecule has 0 saturated heterocycles. The number of carbonyl (C=O) groups is 1. The SMILES string of the molecule is Cc1ccnc(Cl)c1-c1ccc(NC(=O)C(N)C2CCCCC2)cc1. The summed E-state index contributed by atoms with van der Waals surface area (Å²) >= 11 is 6.22. The minimum Gasteiger partial charge on any atom is -0.325 e. The van der Waals surface area contributed by atoms with Crippen molar-refractivity contribution in [1.82, 2.24) is 4.98 Å². The van der Waals surface area contributed by atoms with Gasteiger partial charge in [-0.3, -0.25) is 4.79 Å². The van der Waals surface area contributed by atoms with Gasteiger partial charge < -0.3 is 11.1 Å². The highest BCUT2D eigenvalue weighted by Crippen LogP contribution is 2.30. The van der Waals surface area contributed by atoms with Crippen molar-refractivity contribution in [2.75, 3.05) is 5.32 Å². The van der Waals surface area contributed by atoms with Crippen molar-refractivity contribution in [3.63, 3.8) is 0 Å². The molecule has 5 heteroatoms. The Morgan fingerprint density at radius 1 is 1.20 bits per heavy atom. The van der Waals surface area contributed by atoms with Crippen LogP contribution in [0.25, 0.3) is 11.1 Å². The monoisotopic (exact) mass is 357 g/mol. The molecule has 1 amide bonds. The number of nitrogens with one attached hydrogen (secondary N) is 1. The Morgan fingerprint density at radius 3 is 2.52 bits per heavy atom. The average molecular weight is 358 g/mol. The summed E-state index contributed by atoms with van der Waals surface area (Å²) in [4.78, 5) is 16.5. The fourth-order valence-corrected chi connectivity index (χ4v) is 3.84. The van der Waals surface area contributed by atoms with E-state index in [9.17, 15) is 4.79 Å². The van der Waals surface area contributed by atoms with Crippen molar-refractivity contribution >= 4 is 23.2 Å². The van der Waals surface area contributed by atoms with Crippen molar-refractivity contribution in [3.05, 3.63) is 47.2 Å². The van der Waals surface area contributed by atoms with Crippen LogP contribution in [0.4, 0.5) is 5.69 Å². The molecular weight excluding hydrogens is 334 g/mol. The Morgan fingerprint density at radius 2 is 1.88 bits per heavy atom. The van der Waals surface area contributed by atoms with E-state index in [4.69, 9.17) is 17.3 Å². The van der Waals surface area contributed by atoms with Gasteiger partial charge in [-0.25, -0.2) is 4.98 Å². The van der Waals surface area contributed by atoms with E-state index >= 15 is 0 Å². The summed E-state index contributed by atoms with van der Waals surface area (Å²) in [5, 5.41) is 3.42. The van der Waals surface area contributed by atoms with Gasteiger partial charge in [0.2, 0.25) is 5.91 Å². The number of nitrogens with two attached hydrogens (primary N) is 1. The number of rotatable bonds is 4. The Kier molecular flexibility index (Phi) is 5.71. The van der Waals surface area contributed by atoms with Crippen LogP contribution in [-0.2, 0) is 4.79 Å². The van der Waals surface area contributed by atoms with Gasteiger partial charge in [0.1, 0.15) is 5.15 Å². The molecule has 1 atom stereocenters. The molecule has 3 rings (SSSR count). The Hall–Kier alpha value is -1.91. The van der Waals surface area contributed by atoms with Crippen molar-refractivity contribution < 1.29 is 4.79 Å². The number of benzene rings is 1. The lowest BCUT2D eigenvalue weighted by molar-refractivity contribution is -0.118. The minimum atomic E-state index is -0.435. The second kappa shape index (κ2) is 7.98. The number of amides is 1. The van der Waals surface area contributed by atoms with Crippen LogP contribution in [0.3, 0.4) is 0 Å². The predicted octanol–water partition coefficient (Wildman–Crippen LogP) is 4.56. The molecule has 1 aliphatic rings. The maximum atomic E-state index is 12.4. The number of carbonyl (C=O) groups excluding carboxylic acids is 1. The highest BCUT2D eigenvalue weighted by atomic mass is 35.5. The van der Waals surface area contributed by atoms with E-state index in [1.807, 2.05) is 37.3 Å². The fourth-order valence-electron chi connectivity index (χ4n) is 3.53. The number of pyridine rings is 1. The lowest BCUT2D eigenvalue weighted by Crippen LogP contribution is -2.42. The van der Waals surface area contributed by atoms with Crippen molar-refractivity contribution in [2.45, 2.75) is 45.1 Å². The molecule has 0 aliphatic heterocycles. The second-order valence-corrected chi connectivity index (χ2v) is 7.14. The molecule has 132 valence electrons. The quantitative estimate of drug-likeness (QED) is 0.788. The Balaban J connectivity index is 1.69. The fraction of sp³-hybridized carbons (Fsp3) is 0.400. The second-order valence-electron chi connectivity index (χ2n) is 6.78. The smallest absolute Gasteiger partial charge is 0.241 e. The third-order valence-corrected chi connectivity index (χ3v) is 5.30. The number of hydrogen-bond acceptors (Lipinski definition) is 3. The van der Waals surface area contributed by atoms with Crippen molar-refractivity contribution in [3.8, 4) is 11.1 Å². The van der Waals surface area contributed by atoms with Gasteiger partial charge in [0.05, 0.1) is 6.04 Å². The normalized spacial score (nSPS) is 16.4. The van der Waals surface area contributed by atoms with Crippen LogP contribution in [0.5, 0.6) is 0 Å². The maximum absolute atomic E-state index is 12.4. The number of aromatic nitrogens is 1. The first kappa shape index (κ1) is 17.9. The zero-order valence-electron chi connectivity index (χ0n) is 14.5. The first-order valence-electron chi connectivity index (χ1n) is 8.84. The molecule has 1 saturated carbocycles. The number of aryl methyl sites for hydroxylation is 1. The minimum absolute atomic E-state index is 0.102. The largest absolute Gasteiger partial charge is 0.325 e. The van der Waals surface area contributed by atoms with Crippen molar-refractivity contribution in [1.29, 1.82) is 0 Å². The molecule has 4 nitrogen and oxygen atoms in total. The zero-order valence-corrected chi connectivity index (χ0v) is 15.2. The van der Waals surface area contributed by atoms with Crippen LogP contribution >= 0.6 is 11.6 Å². The van der Waals surface area contributed by atoms with E-state index in [2.05, 4.69) is 10.3 Å². The van der Waals surface area contributed by atoms with E-state index in [0.717, 1.165) is 35.2 Å². The van der Waals surface area contributed by atoms with Gasteiger partial charge in [-0.15, -0.1) is 0 Å². The van der Waals surface area contributed by atoms with Crippen LogP contribution in [0.2, 0.25) is 5.15 Å². The standard InChI is InChI=1S/C20H24ClN3O/c1-13-11-12-23-19(21)17(13)14-7-9-16(10-8-14)24-20(25)18(22)15-5-3-2-4-6-15/h7-12,15,18H,2-6,22H2,1H3,(H,24,25). The molecule has 1 aliphatic carbocycles. The third kappa shape index (κ3) is 4.20. The highest BCUT2D eigenvalue weighted by Gasteiger charge is 2.26. The first-order valence-corrected chi connectivity index (χ1v) is 9.22. The molecule has 1 heterocycles. The van der Waals surface area contributed by atoms with Gasteiger partial charge in [-0.05, 0) is 55.0 Å². The topological polar surface area (TPSA) is 68.0 Å². The third-order valence-electron chi connectivity index (χ3n) is 5.01. The zero-order chi connectivity index (χ0) is 17.8. The first-order chi connectivity index (χ1) is 12.1. The lowest BCUT2D eigenvalue weighted by atomic mass is 9.84. The highest BCUT2D eigenvalue weighted by molar-refractivity contribution is 6.32. The molecule has 1 fully saturated rings. The Labute approximate surface area is 153 Å². The summed E-state index contributed by atoms with van der Waals surface area (Å²) < 4.78 is 0. The van der Waals surface area contributed by atoms with Crippen LogP contribution < -0.4 is 11.1 Å². The summed E-state index contributed by atoms with van der Waals surface area (Å²) in [6.07, 6.45) is 7.39. The van der Waals surface area contributed by atoms with Gasteiger partial charge in [0.25, 0.3) is 0 Å². The lowest BCUT2D eigenvalue weighted by Gasteiger charge is -2.26. The van der Waals surface area contributed by atoms with Gasteiger partial charge >= 0.3 is 0 Å². The number of hydrogen-bond donors (Lipinski definition) is 2. The van der Waals surface area contributed by atoms with E-state index in [-0.39, 0.29) is 5.91 Å².